The standard InChI is InChI=1S/C20H24/c1-13(2)20(18-9-7-14(3)11-16(18)5)19-10-8-15(4)12-17(19)6/h7-12H,1-6H3. The molecule has 0 nitrogen and oxygen atoms in total. The van der Waals surface area contributed by atoms with Crippen molar-refractivity contribution in [2.24, 2.45) is 0 Å². The monoisotopic (exact) mass is 264 g/mol. The molecule has 20 heavy (non-hydrogen) atoms. The summed E-state index contributed by atoms with van der Waals surface area (Å²) in [4.78, 5) is 0. The Bertz CT molecular complexity index is 615. The molecule has 0 unspecified atom stereocenters. The van der Waals surface area contributed by atoms with Crippen LogP contribution in [0.1, 0.15) is 47.2 Å². The summed E-state index contributed by atoms with van der Waals surface area (Å²) in [5, 5.41) is 0. The number of rotatable bonds is 2. The Morgan fingerprint density at radius 2 is 1.05 bits per heavy atom. The third-order valence-electron chi connectivity index (χ3n) is 3.80. The molecule has 0 aliphatic rings. The van der Waals surface area contributed by atoms with Gasteiger partial charge in [-0.2, -0.15) is 0 Å². The predicted octanol–water partition coefficient (Wildman–Crippen LogP) is 5.76. The Labute approximate surface area is 123 Å². The first-order valence-electron chi connectivity index (χ1n) is 7.23. The van der Waals surface area contributed by atoms with Crippen LogP contribution in [0, 0.1) is 27.7 Å². The van der Waals surface area contributed by atoms with Crippen molar-refractivity contribution in [3.05, 3.63) is 75.4 Å². The van der Waals surface area contributed by atoms with E-state index in [9.17, 15) is 0 Å². The van der Waals surface area contributed by atoms with Gasteiger partial charge in [0, 0.05) is 0 Å². The fourth-order valence-electron chi connectivity index (χ4n) is 2.87. The molecule has 2 aromatic rings. The Hall–Kier alpha value is -1.82. The first-order chi connectivity index (χ1) is 9.40. The lowest BCUT2D eigenvalue weighted by molar-refractivity contribution is 1.29. The van der Waals surface area contributed by atoms with Gasteiger partial charge in [0.15, 0.2) is 0 Å². The van der Waals surface area contributed by atoms with Gasteiger partial charge in [0.2, 0.25) is 0 Å². The molecule has 2 rings (SSSR count). The summed E-state index contributed by atoms with van der Waals surface area (Å²) in [6.45, 7) is 13.1. The molecule has 0 amide bonds. The summed E-state index contributed by atoms with van der Waals surface area (Å²) in [7, 11) is 0. The fraction of sp³-hybridized carbons (Fsp3) is 0.300. The van der Waals surface area contributed by atoms with Crippen LogP contribution in [0.2, 0.25) is 0 Å². The van der Waals surface area contributed by atoms with E-state index in [2.05, 4.69) is 77.9 Å². The van der Waals surface area contributed by atoms with Crippen molar-refractivity contribution in [3.8, 4) is 0 Å². The van der Waals surface area contributed by atoms with Crippen molar-refractivity contribution in [1.29, 1.82) is 0 Å². The van der Waals surface area contributed by atoms with Crippen molar-refractivity contribution in [2.45, 2.75) is 41.5 Å². The van der Waals surface area contributed by atoms with E-state index >= 15 is 0 Å². The second-order valence-electron chi connectivity index (χ2n) is 6.01. The van der Waals surface area contributed by atoms with Gasteiger partial charge in [0.25, 0.3) is 0 Å². The SMILES string of the molecule is CC(C)=C(c1ccc(C)cc1C)c1ccc(C)cc1C. The lowest BCUT2D eigenvalue weighted by Gasteiger charge is -2.17. The molecule has 0 atom stereocenters. The highest BCUT2D eigenvalue weighted by Crippen LogP contribution is 2.32. The van der Waals surface area contributed by atoms with E-state index < -0.39 is 0 Å². The molecular formula is C20H24. The maximum absolute atomic E-state index is 2.27. The van der Waals surface area contributed by atoms with Crippen LogP contribution >= 0.6 is 0 Å². The molecular weight excluding hydrogens is 240 g/mol. The summed E-state index contributed by atoms with van der Waals surface area (Å²) in [6.07, 6.45) is 0. The largest absolute Gasteiger partial charge is 0.0680 e. The number of hydrogen-bond acceptors (Lipinski definition) is 0. The van der Waals surface area contributed by atoms with E-state index in [0.29, 0.717) is 0 Å². The van der Waals surface area contributed by atoms with Gasteiger partial charge in [0.05, 0.1) is 0 Å². The second kappa shape index (κ2) is 5.66. The van der Waals surface area contributed by atoms with Crippen molar-refractivity contribution in [1.82, 2.24) is 0 Å². The summed E-state index contributed by atoms with van der Waals surface area (Å²) in [5.74, 6) is 0. The molecule has 0 radical (unpaired) electrons. The van der Waals surface area contributed by atoms with Gasteiger partial charge in [-0.3, -0.25) is 0 Å². The molecule has 0 aromatic heterocycles. The number of benzene rings is 2. The topological polar surface area (TPSA) is 0 Å². The smallest absolute Gasteiger partial charge is 0.0120 e. The van der Waals surface area contributed by atoms with Gasteiger partial charge in [-0.25, -0.2) is 0 Å². The van der Waals surface area contributed by atoms with E-state index in [1.54, 1.807) is 0 Å². The third-order valence-corrected chi connectivity index (χ3v) is 3.80. The van der Waals surface area contributed by atoms with Crippen LogP contribution in [-0.4, -0.2) is 0 Å². The first kappa shape index (κ1) is 14.6. The van der Waals surface area contributed by atoms with Crippen molar-refractivity contribution < 1.29 is 0 Å². The molecule has 0 spiro atoms. The maximum Gasteiger partial charge on any atom is -0.0120 e. The summed E-state index contributed by atoms with van der Waals surface area (Å²) >= 11 is 0. The minimum atomic E-state index is 1.32. The molecule has 0 N–H and O–H groups in total. The van der Waals surface area contributed by atoms with E-state index in [4.69, 9.17) is 0 Å². The summed E-state index contributed by atoms with van der Waals surface area (Å²) < 4.78 is 0. The zero-order valence-corrected chi connectivity index (χ0v) is 13.5. The second-order valence-corrected chi connectivity index (χ2v) is 6.01. The molecule has 0 bridgehead atoms. The van der Waals surface area contributed by atoms with Gasteiger partial charge < -0.3 is 0 Å². The van der Waals surface area contributed by atoms with Crippen LogP contribution in [0.4, 0.5) is 0 Å². The molecule has 0 aliphatic carbocycles. The van der Waals surface area contributed by atoms with Crippen LogP contribution in [-0.2, 0) is 0 Å². The molecule has 0 fully saturated rings. The third kappa shape index (κ3) is 2.85. The molecule has 0 saturated heterocycles. The van der Waals surface area contributed by atoms with Gasteiger partial charge in [0.1, 0.15) is 0 Å². The molecule has 0 saturated carbocycles. The average molecular weight is 264 g/mol. The average Bonchev–Trinajstić information content (AvgIpc) is 2.34. The Morgan fingerprint density at radius 3 is 1.35 bits per heavy atom. The van der Waals surface area contributed by atoms with Gasteiger partial charge in [-0.1, -0.05) is 53.1 Å². The van der Waals surface area contributed by atoms with Crippen LogP contribution in [0.3, 0.4) is 0 Å². The predicted molar refractivity (Wildman–Crippen MR) is 89.2 cm³/mol. The fourth-order valence-corrected chi connectivity index (χ4v) is 2.87. The minimum absolute atomic E-state index is 1.32. The normalized spacial score (nSPS) is 10.5. The van der Waals surface area contributed by atoms with E-state index in [1.807, 2.05) is 0 Å². The highest BCUT2D eigenvalue weighted by molar-refractivity contribution is 5.84. The van der Waals surface area contributed by atoms with Gasteiger partial charge in [-0.15, -0.1) is 0 Å². The Morgan fingerprint density at radius 1 is 0.650 bits per heavy atom. The number of allylic oxidation sites excluding steroid dienone is 1. The minimum Gasteiger partial charge on any atom is -0.0680 e. The Kier molecular flexibility index (Phi) is 4.13. The lowest BCUT2D eigenvalue weighted by atomic mass is 9.88. The van der Waals surface area contributed by atoms with Gasteiger partial charge in [-0.05, 0) is 69.4 Å². The van der Waals surface area contributed by atoms with E-state index in [1.165, 1.54) is 44.5 Å². The van der Waals surface area contributed by atoms with Crippen molar-refractivity contribution >= 4 is 5.57 Å². The highest BCUT2D eigenvalue weighted by Gasteiger charge is 2.12. The zero-order valence-electron chi connectivity index (χ0n) is 13.5. The van der Waals surface area contributed by atoms with Crippen LogP contribution < -0.4 is 0 Å². The maximum atomic E-state index is 2.27. The molecule has 2 aromatic carbocycles. The first-order valence-corrected chi connectivity index (χ1v) is 7.23. The van der Waals surface area contributed by atoms with Crippen LogP contribution in [0.25, 0.3) is 5.57 Å². The van der Waals surface area contributed by atoms with Gasteiger partial charge >= 0.3 is 0 Å². The van der Waals surface area contributed by atoms with Crippen molar-refractivity contribution in [3.63, 3.8) is 0 Å². The summed E-state index contributed by atoms with van der Waals surface area (Å²) in [5.41, 5.74) is 10.8. The molecule has 0 aliphatic heterocycles. The van der Waals surface area contributed by atoms with Crippen LogP contribution in [0.15, 0.2) is 42.0 Å². The lowest BCUT2D eigenvalue weighted by Crippen LogP contribution is -1.97. The zero-order chi connectivity index (χ0) is 14.9. The molecule has 0 heterocycles. The highest BCUT2D eigenvalue weighted by atomic mass is 14.2. The molecule has 104 valence electrons. The summed E-state index contributed by atoms with van der Waals surface area (Å²) in [6, 6.07) is 13.5. The number of hydrogen-bond donors (Lipinski definition) is 0. The van der Waals surface area contributed by atoms with Crippen LogP contribution in [0.5, 0.6) is 0 Å². The Balaban J connectivity index is 2.67. The quantitative estimate of drug-likeness (QED) is 0.646. The van der Waals surface area contributed by atoms with E-state index in [-0.39, 0.29) is 0 Å². The van der Waals surface area contributed by atoms with Crippen molar-refractivity contribution in [2.75, 3.05) is 0 Å². The number of aryl methyl sites for hydroxylation is 4. The molecule has 0 heteroatoms. The van der Waals surface area contributed by atoms with E-state index in [0.717, 1.165) is 0 Å².